The Hall–Kier alpha value is -5.11. The molecular formula is C30H26N2O6. The molecule has 0 aliphatic carbocycles. The van der Waals surface area contributed by atoms with Gasteiger partial charge in [-0.3, -0.25) is 4.79 Å². The third kappa shape index (κ3) is 7.20. The number of carbonyl (C=O) groups is 2. The van der Waals surface area contributed by atoms with Gasteiger partial charge in [-0.05, 0) is 64.7 Å². The molecule has 8 heteroatoms. The Labute approximate surface area is 220 Å². The predicted molar refractivity (Wildman–Crippen MR) is 144 cm³/mol. The average Bonchev–Trinajstić information content (AvgIpc) is 2.96. The molecule has 0 unspecified atom stereocenters. The van der Waals surface area contributed by atoms with Crippen molar-refractivity contribution in [2.45, 2.75) is 6.61 Å². The van der Waals surface area contributed by atoms with Crippen molar-refractivity contribution >= 4 is 18.1 Å². The van der Waals surface area contributed by atoms with Crippen molar-refractivity contribution in [3.63, 3.8) is 0 Å². The van der Waals surface area contributed by atoms with Gasteiger partial charge in [0.2, 0.25) is 0 Å². The van der Waals surface area contributed by atoms with Gasteiger partial charge in [0.15, 0.2) is 18.1 Å². The first kappa shape index (κ1) is 26.0. The monoisotopic (exact) mass is 510 g/mol. The zero-order chi connectivity index (χ0) is 26.7. The van der Waals surface area contributed by atoms with Gasteiger partial charge in [-0.15, -0.1) is 0 Å². The Morgan fingerprint density at radius 3 is 2.24 bits per heavy atom. The summed E-state index contributed by atoms with van der Waals surface area (Å²) in [6.07, 6.45) is 1.49. The molecule has 1 amide bonds. The summed E-state index contributed by atoms with van der Waals surface area (Å²) in [6, 6.07) is 29.2. The second kappa shape index (κ2) is 12.7. The number of methoxy groups -OCH3 is 1. The molecule has 0 aromatic heterocycles. The summed E-state index contributed by atoms with van der Waals surface area (Å²) in [6.45, 7) is 0.0697. The highest BCUT2D eigenvalue weighted by Crippen LogP contribution is 2.28. The van der Waals surface area contributed by atoms with Gasteiger partial charge in [-0.25, -0.2) is 10.2 Å². The average molecular weight is 511 g/mol. The largest absolute Gasteiger partial charge is 0.493 e. The summed E-state index contributed by atoms with van der Waals surface area (Å²) < 4.78 is 16.8. The molecule has 0 aliphatic rings. The van der Waals surface area contributed by atoms with Crippen molar-refractivity contribution < 1.29 is 28.9 Å². The lowest BCUT2D eigenvalue weighted by molar-refractivity contribution is -0.123. The van der Waals surface area contributed by atoms with E-state index in [0.29, 0.717) is 22.8 Å². The molecule has 0 saturated carbocycles. The summed E-state index contributed by atoms with van der Waals surface area (Å²) in [5.74, 6) is 0.220. The number of nitrogens with zero attached hydrogens (tertiary/aromatic N) is 1. The van der Waals surface area contributed by atoms with Gasteiger partial charge in [0.25, 0.3) is 5.91 Å². The number of hydrazone groups is 1. The summed E-state index contributed by atoms with van der Waals surface area (Å²) >= 11 is 0. The fraction of sp³-hybridized carbons (Fsp3) is 0.100. The number of hydrogen-bond acceptors (Lipinski definition) is 6. The Morgan fingerprint density at radius 1 is 0.842 bits per heavy atom. The van der Waals surface area contributed by atoms with Crippen LogP contribution in [0.2, 0.25) is 0 Å². The molecule has 0 fully saturated rings. The molecule has 2 N–H and O–H groups in total. The second-order valence-corrected chi connectivity index (χ2v) is 8.17. The van der Waals surface area contributed by atoms with Crippen LogP contribution in [0.4, 0.5) is 0 Å². The number of hydrogen-bond donors (Lipinski definition) is 2. The zero-order valence-electron chi connectivity index (χ0n) is 20.7. The maximum atomic E-state index is 12.1. The maximum Gasteiger partial charge on any atom is 0.335 e. The van der Waals surface area contributed by atoms with E-state index in [-0.39, 0.29) is 18.8 Å². The van der Waals surface area contributed by atoms with E-state index in [1.54, 1.807) is 30.3 Å². The smallest absolute Gasteiger partial charge is 0.335 e. The first-order valence-corrected chi connectivity index (χ1v) is 11.7. The van der Waals surface area contributed by atoms with E-state index >= 15 is 0 Å². The lowest BCUT2D eigenvalue weighted by atomic mass is 10.1. The van der Waals surface area contributed by atoms with E-state index in [0.717, 1.165) is 16.7 Å². The zero-order valence-corrected chi connectivity index (χ0v) is 20.7. The van der Waals surface area contributed by atoms with Crippen molar-refractivity contribution in [3.05, 3.63) is 114 Å². The van der Waals surface area contributed by atoms with Gasteiger partial charge in [0, 0.05) is 0 Å². The van der Waals surface area contributed by atoms with Crippen molar-refractivity contribution in [3.8, 4) is 28.4 Å². The number of nitrogens with one attached hydrogen (secondary N) is 1. The minimum Gasteiger partial charge on any atom is -0.493 e. The van der Waals surface area contributed by atoms with E-state index in [9.17, 15) is 9.59 Å². The number of benzene rings is 4. The number of carboxylic acids is 1. The van der Waals surface area contributed by atoms with Crippen LogP contribution in [0.1, 0.15) is 21.5 Å². The van der Waals surface area contributed by atoms with E-state index in [1.165, 1.54) is 25.5 Å². The summed E-state index contributed by atoms with van der Waals surface area (Å²) in [7, 11) is 1.52. The van der Waals surface area contributed by atoms with Crippen LogP contribution < -0.4 is 19.6 Å². The number of ether oxygens (including phenoxy) is 3. The first-order chi connectivity index (χ1) is 18.5. The van der Waals surface area contributed by atoms with E-state index < -0.39 is 11.9 Å². The molecule has 0 aliphatic heterocycles. The van der Waals surface area contributed by atoms with Gasteiger partial charge in [0.05, 0.1) is 18.9 Å². The highest BCUT2D eigenvalue weighted by molar-refractivity contribution is 5.87. The van der Waals surface area contributed by atoms with Gasteiger partial charge in [-0.2, -0.15) is 5.10 Å². The summed E-state index contributed by atoms with van der Waals surface area (Å²) in [5, 5.41) is 13.0. The summed E-state index contributed by atoms with van der Waals surface area (Å²) in [4.78, 5) is 23.1. The quantitative estimate of drug-likeness (QED) is 0.213. The van der Waals surface area contributed by atoms with Crippen LogP contribution in [0.25, 0.3) is 11.1 Å². The normalized spacial score (nSPS) is 10.7. The van der Waals surface area contributed by atoms with Crippen LogP contribution in [0.15, 0.2) is 102 Å². The van der Waals surface area contributed by atoms with Gasteiger partial charge in [-0.1, -0.05) is 54.6 Å². The van der Waals surface area contributed by atoms with Crippen LogP contribution in [0, 0.1) is 0 Å². The molecule has 0 radical (unpaired) electrons. The molecule has 8 nitrogen and oxygen atoms in total. The molecular weight excluding hydrogens is 484 g/mol. The van der Waals surface area contributed by atoms with Crippen LogP contribution in [0.3, 0.4) is 0 Å². The topological polar surface area (TPSA) is 106 Å². The van der Waals surface area contributed by atoms with Gasteiger partial charge < -0.3 is 19.3 Å². The Morgan fingerprint density at radius 2 is 1.55 bits per heavy atom. The molecule has 4 aromatic rings. The van der Waals surface area contributed by atoms with Crippen molar-refractivity contribution in [1.82, 2.24) is 5.43 Å². The highest BCUT2D eigenvalue weighted by Gasteiger charge is 2.08. The molecule has 38 heavy (non-hydrogen) atoms. The molecule has 0 heterocycles. The highest BCUT2D eigenvalue weighted by atomic mass is 16.5. The van der Waals surface area contributed by atoms with E-state index in [2.05, 4.69) is 10.5 Å². The van der Waals surface area contributed by atoms with Crippen LogP contribution >= 0.6 is 0 Å². The molecule has 0 saturated heterocycles. The first-order valence-electron chi connectivity index (χ1n) is 11.7. The molecule has 0 bridgehead atoms. The molecule has 0 atom stereocenters. The third-order valence-corrected chi connectivity index (χ3v) is 5.52. The summed E-state index contributed by atoms with van der Waals surface area (Å²) in [5.41, 5.74) is 6.34. The lowest BCUT2D eigenvalue weighted by Gasteiger charge is -2.11. The number of rotatable bonds is 11. The molecule has 4 aromatic carbocycles. The number of aromatic carboxylic acids is 1. The van der Waals surface area contributed by atoms with E-state index in [4.69, 9.17) is 19.3 Å². The Bertz CT molecular complexity index is 1400. The van der Waals surface area contributed by atoms with E-state index in [1.807, 2.05) is 54.6 Å². The van der Waals surface area contributed by atoms with Crippen molar-refractivity contribution in [1.29, 1.82) is 0 Å². The molecule has 0 spiro atoms. The SMILES string of the molecule is COc1cc(/C=N/NC(=O)COc2ccc(-c3ccccc3)cc2)ccc1OCc1ccc(C(=O)O)cc1. The van der Waals surface area contributed by atoms with Crippen molar-refractivity contribution in [2.24, 2.45) is 5.10 Å². The van der Waals surface area contributed by atoms with Gasteiger partial charge in [0.1, 0.15) is 12.4 Å². The lowest BCUT2D eigenvalue weighted by Crippen LogP contribution is -2.24. The molecule has 4 rings (SSSR count). The third-order valence-electron chi connectivity index (χ3n) is 5.52. The number of carboxylic acid groups (broad SMARTS) is 1. The number of carbonyl (C=O) groups excluding carboxylic acids is 1. The van der Waals surface area contributed by atoms with Crippen LogP contribution in [-0.4, -0.2) is 36.9 Å². The second-order valence-electron chi connectivity index (χ2n) is 8.17. The number of amides is 1. The maximum absolute atomic E-state index is 12.1. The predicted octanol–water partition coefficient (Wildman–Crippen LogP) is 5.17. The van der Waals surface area contributed by atoms with Crippen molar-refractivity contribution in [2.75, 3.05) is 13.7 Å². The van der Waals surface area contributed by atoms with Crippen LogP contribution in [0.5, 0.6) is 17.2 Å². The fourth-order valence-corrected chi connectivity index (χ4v) is 3.52. The molecule has 192 valence electrons. The van der Waals surface area contributed by atoms with Crippen LogP contribution in [-0.2, 0) is 11.4 Å². The van der Waals surface area contributed by atoms with Gasteiger partial charge >= 0.3 is 5.97 Å². The Kier molecular flexibility index (Phi) is 8.70. The standard InChI is InChI=1S/C30H26N2O6/c1-36-28-17-22(9-16-27(28)38-19-21-7-10-25(11-8-21)30(34)35)18-31-32-29(33)20-37-26-14-12-24(13-15-26)23-5-3-2-4-6-23/h2-18H,19-20H2,1H3,(H,32,33)(H,34,35)/b31-18+. The minimum atomic E-state index is -0.978. The minimum absolute atomic E-state index is 0.175. The Balaban J connectivity index is 1.25. The fourth-order valence-electron chi connectivity index (χ4n) is 3.52.